The van der Waals surface area contributed by atoms with Crippen LogP contribution in [-0.4, -0.2) is 1.93 Å². The van der Waals surface area contributed by atoms with E-state index >= 15 is 0 Å². The summed E-state index contributed by atoms with van der Waals surface area (Å²) in [6.45, 7) is 2.14. The van der Waals surface area contributed by atoms with Gasteiger partial charge in [-0.2, -0.15) is 9.90 Å². The van der Waals surface area contributed by atoms with Gasteiger partial charge in [0.05, 0.1) is 1.93 Å². The molecular weight excluding hydrogens is 309 g/mol. The molecule has 0 aromatic carbocycles. The van der Waals surface area contributed by atoms with E-state index in [1.807, 2.05) is 0 Å². The zero-order valence-corrected chi connectivity index (χ0v) is 8.77. The van der Waals surface area contributed by atoms with Crippen LogP contribution in [0.3, 0.4) is 0 Å². The molecule has 0 aliphatic rings. The molecule has 0 aromatic rings. The minimum Gasteiger partial charge on any atom is -0.153 e. The van der Waals surface area contributed by atoms with E-state index in [0.29, 0.717) is 0 Å². The van der Waals surface area contributed by atoms with E-state index in [2.05, 4.69) is 52.1 Å². The molecule has 0 bridgehead atoms. The van der Waals surface area contributed by atoms with Gasteiger partial charge in [-0.05, 0) is 6.92 Å². The summed E-state index contributed by atoms with van der Waals surface area (Å²) in [6.07, 6.45) is 0. The van der Waals surface area contributed by atoms with E-state index in [0.717, 1.165) is 1.93 Å². The lowest BCUT2D eigenvalue weighted by molar-refractivity contribution is 1.54. The Morgan fingerprint density at radius 3 is 1.40 bits per heavy atom. The molecule has 0 fully saturated rings. The lowest BCUT2D eigenvalue weighted by atomic mass is 11.0. The van der Waals surface area contributed by atoms with Gasteiger partial charge in [-0.1, -0.05) is 45.2 Å². The minimum atomic E-state index is 0. The maximum Gasteiger partial charge on any atom is 0.0598 e. The zero-order valence-electron chi connectivity index (χ0n) is 3.04. The van der Waals surface area contributed by atoms with Gasteiger partial charge in [0, 0.05) is 0 Å². The predicted molar refractivity (Wildman–Crippen MR) is 48.6 cm³/mol. The van der Waals surface area contributed by atoms with E-state index in [1.165, 1.54) is 0 Å². The van der Waals surface area contributed by atoms with Crippen molar-refractivity contribution in [3.63, 3.8) is 0 Å². The maximum absolute atomic E-state index is 2.33. The summed E-state index contributed by atoms with van der Waals surface area (Å²) in [7, 11) is 0. The number of alkyl halides is 2. The molecular formula is C2H7I2P. The molecule has 0 saturated heterocycles. The zero-order chi connectivity index (χ0) is 3.58. The second-order valence-corrected chi connectivity index (χ2v) is 6.64. The van der Waals surface area contributed by atoms with Crippen LogP contribution in [0.5, 0.6) is 0 Å². The molecule has 0 nitrogen and oxygen atoms in total. The third-order valence-electron chi connectivity index (χ3n) is 0. The Kier molecular flexibility index (Phi) is 11.8. The van der Waals surface area contributed by atoms with E-state index in [4.69, 9.17) is 0 Å². The van der Waals surface area contributed by atoms with Gasteiger partial charge in [-0.25, -0.2) is 0 Å². The molecule has 1 atom stereocenters. The van der Waals surface area contributed by atoms with E-state index < -0.39 is 0 Å². The Morgan fingerprint density at radius 1 is 1.40 bits per heavy atom. The molecule has 0 heterocycles. The third-order valence-corrected chi connectivity index (χ3v) is 0. The molecule has 0 N–H and O–H groups in total. The monoisotopic (exact) mass is 316 g/mol. The van der Waals surface area contributed by atoms with E-state index in [1.54, 1.807) is 0 Å². The fourth-order valence-electron chi connectivity index (χ4n) is 0. The van der Waals surface area contributed by atoms with Crippen molar-refractivity contribution in [2.24, 2.45) is 0 Å². The number of halogens is 2. The molecule has 0 radical (unpaired) electrons. The van der Waals surface area contributed by atoms with Crippen LogP contribution < -0.4 is 0 Å². The van der Waals surface area contributed by atoms with Gasteiger partial charge < -0.3 is 0 Å². The van der Waals surface area contributed by atoms with Crippen LogP contribution in [0, 0.1) is 0 Å². The fourth-order valence-corrected chi connectivity index (χ4v) is 0. The number of hydrogen-bond acceptors (Lipinski definition) is 0. The molecule has 0 aromatic heterocycles. The Bertz CT molecular complexity index is 12.4. The molecule has 0 spiro atoms. The SMILES string of the molecule is CC(I)I.P. The van der Waals surface area contributed by atoms with Crippen LogP contribution in [0.15, 0.2) is 0 Å². The van der Waals surface area contributed by atoms with Crippen LogP contribution in [0.4, 0.5) is 0 Å². The van der Waals surface area contributed by atoms with Gasteiger partial charge in [0.2, 0.25) is 0 Å². The van der Waals surface area contributed by atoms with Gasteiger partial charge in [-0.15, -0.1) is 0 Å². The van der Waals surface area contributed by atoms with Crippen LogP contribution in [-0.2, 0) is 0 Å². The Morgan fingerprint density at radius 2 is 1.40 bits per heavy atom. The quantitative estimate of drug-likeness (QED) is 0.365. The Balaban J connectivity index is 0. The van der Waals surface area contributed by atoms with Crippen LogP contribution in [0.2, 0.25) is 0 Å². The highest BCUT2D eigenvalue weighted by Crippen LogP contribution is 2.05. The van der Waals surface area contributed by atoms with Crippen LogP contribution in [0.25, 0.3) is 0 Å². The second kappa shape index (κ2) is 5.89. The molecule has 0 aliphatic heterocycles. The molecule has 0 aliphatic carbocycles. The van der Waals surface area contributed by atoms with Crippen molar-refractivity contribution in [1.29, 1.82) is 0 Å². The van der Waals surface area contributed by atoms with Crippen molar-refractivity contribution >= 4 is 55.1 Å². The minimum absolute atomic E-state index is 0. The summed E-state index contributed by atoms with van der Waals surface area (Å²) in [6, 6.07) is 0. The highest BCUT2D eigenvalue weighted by atomic mass is 127. The van der Waals surface area contributed by atoms with Gasteiger partial charge in [0.15, 0.2) is 0 Å². The summed E-state index contributed by atoms with van der Waals surface area (Å²) in [5.41, 5.74) is 0. The number of rotatable bonds is 0. The first-order valence-corrected chi connectivity index (χ1v) is 3.51. The van der Waals surface area contributed by atoms with Gasteiger partial charge in [0.25, 0.3) is 0 Å². The normalized spacial score (nSPS) is 7.20. The van der Waals surface area contributed by atoms with Crippen molar-refractivity contribution in [3.8, 4) is 0 Å². The lowest BCUT2D eigenvalue weighted by Crippen LogP contribution is -1.59. The van der Waals surface area contributed by atoms with Gasteiger partial charge >= 0.3 is 0 Å². The van der Waals surface area contributed by atoms with Crippen LogP contribution in [0.1, 0.15) is 6.92 Å². The summed E-state index contributed by atoms with van der Waals surface area (Å²) in [5, 5.41) is 0. The first-order chi connectivity index (χ1) is 1.73. The lowest BCUT2D eigenvalue weighted by Gasteiger charge is -1.73. The fraction of sp³-hybridized carbons (Fsp3) is 1.00. The standard InChI is InChI=1S/C2H4I2.H3P/c1-2(3)4;/h2H,1H3;1H3. The van der Waals surface area contributed by atoms with E-state index in [-0.39, 0.29) is 9.90 Å². The summed E-state index contributed by atoms with van der Waals surface area (Å²) in [4.78, 5) is 0. The van der Waals surface area contributed by atoms with Crippen molar-refractivity contribution < 1.29 is 0 Å². The first kappa shape index (κ1) is 10.00. The maximum atomic E-state index is 2.33. The number of hydrogen-bond donors (Lipinski definition) is 0. The molecule has 0 amide bonds. The summed E-state index contributed by atoms with van der Waals surface area (Å²) < 4.78 is 0.773. The van der Waals surface area contributed by atoms with E-state index in [9.17, 15) is 0 Å². The van der Waals surface area contributed by atoms with Crippen molar-refractivity contribution in [2.75, 3.05) is 0 Å². The van der Waals surface area contributed by atoms with Gasteiger partial charge in [0.1, 0.15) is 0 Å². The predicted octanol–water partition coefficient (Wildman–Crippen LogP) is 2.26. The highest BCUT2D eigenvalue weighted by Gasteiger charge is 1.73. The smallest absolute Gasteiger partial charge is 0.0598 e. The van der Waals surface area contributed by atoms with Gasteiger partial charge in [-0.3, -0.25) is 0 Å². The molecule has 0 saturated carbocycles. The Hall–Kier alpha value is 1.89. The van der Waals surface area contributed by atoms with Crippen molar-refractivity contribution in [1.82, 2.24) is 0 Å². The molecule has 3 heteroatoms. The molecule has 0 rings (SSSR count). The topological polar surface area (TPSA) is 0 Å². The average Bonchev–Trinajstić information content (AvgIpc) is 0.811. The van der Waals surface area contributed by atoms with Crippen molar-refractivity contribution in [2.45, 2.75) is 8.86 Å². The average molecular weight is 316 g/mol. The second-order valence-electron chi connectivity index (χ2n) is 0.519. The summed E-state index contributed by atoms with van der Waals surface area (Å²) >= 11 is 4.66. The summed E-state index contributed by atoms with van der Waals surface area (Å²) in [5.74, 6) is 0. The highest BCUT2D eigenvalue weighted by molar-refractivity contribution is 14.2. The molecule has 1 unspecified atom stereocenters. The molecule has 5 heavy (non-hydrogen) atoms. The largest absolute Gasteiger partial charge is 0.153 e. The van der Waals surface area contributed by atoms with Crippen LogP contribution >= 0.6 is 55.1 Å². The Labute approximate surface area is 63.4 Å². The first-order valence-electron chi connectivity index (χ1n) is 1.01. The molecule has 34 valence electrons. The van der Waals surface area contributed by atoms with Crippen molar-refractivity contribution in [3.05, 3.63) is 0 Å². The third kappa shape index (κ3) is 25.0.